The first kappa shape index (κ1) is 16.1. The fourth-order valence-electron chi connectivity index (χ4n) is 3.06. The Hall–Kier alpha value is -2.44. The molecule has 1 aliphatic rings. The molecule has 25 heavy (non-hydrogen) atoms. The summed E-state index contributed by atoms with van der Waals surface area (Å²) in [5, 5.41) is 6.48. The lowest BCUT2D eigenvalue weighted by molar-refractivity contribution is 0.233. The molecule has 1 saturated heterocycles. The molecule has 3 aromatic rings. The van der Waals surface area contributed by atoms with Crippen molar-refractivity contribution in [3.05, 3.63) is 59.4 Å². The van der Waals surface area contributed by atoms with Crippen LogP contribution in [0.3, 0.4) is 0 Å². The number of piperazine rings is 1. The predicted molar refractivity (Wildman–Crippen MR) is 95.9 cm³/mol. The lowest BCUT2D eigenvalue weighted by Gasteiger charge is -2.27. The van der Waals surface area contributed by atoms with Crippen LogP contribution in [0.5, 0.6) is 0 Å². The minimum atomic E-state index is -0.369. The molecular weight excluding hydrogens is 319 g/mol. The Bertz CT molecular complexity index is 840. The van der Waals surface area contributed by atoms with Crippen molar-refractivity contribution >= 4 is 17.1 Å². The summed E-state index contributed by atoms with van der Waals surface area (Å²) in [5.41, 5.74) is 3.16. The molecule has 0 unspecified atom stereocenters. The van der Waals surface area contributed by atoms with Crippen LogP contribution in [0, 0.1) is 5.82 Å². The fraction of sp³-hybridized carbons (Fsp3) is 0.316. The van der Waals surface area contributed by atoms with Gasteiger partial charge in [0.1, 0.15) is 5.52 Å². The number of anilines is 1. The monoisotopic (exact) mass is 340 g/mol. The molecule has 1 aliphatic heterocycles. The SMILES string of the molecule is Fc1cccc2oc(NCc3ccc(CN4CCNCC4)cc3)nc12. The predicted octanol–water partition coefficient (Wildman–Crippen LogP) is 2.98. The Morgan fingerprint density at radius 2 is 1.84 bits per heavy atom. The second-order valence-electron chi connectivity index (χ2n) is 6.30. The molecule has 0 bridgehead atoms. The van der Waals surface area contributed by atoms with Crippen molar-refractivity contribution < 1.29 is 8.81 Å². The summed E-state index contributed by atoms with van der Waals surface area (Å²) in [4.78, 5) is 6.61. The third-order valence-corrected chi connectivity index (χ3v) is 4.45. The average molecular weight is 340 g/mol. The lowest BCUT2D eigenvalue weighted by atomic mass is 10.1. The highest BCUT2D eigenvalue weighted by Crippen LogP contribution is 2.21. The Morgan fingerprint density at radius 1 is 1.08 bits per heavy atom. The van der Waals surface area contributed by atoms with Crippen LogP contribution < -0.4 is 10.6 Å². The molecule has 4 rings (SSSR count). The molecule has 0 radical (unpaired) electrons. The van der Waals surface area contributed by atoms with Gasteiger partial charge >= 0.3 is 0 Å². The quantitative estimate of drug-likeness (QED) is 0.748. The third-order valence-electron chi connectivity index (χ3n) is 4.45. The summed E-state index contributed by atoms with van der Waals surface area (Å²) < 4.78 is 19.2. The highest BCUT2D eigenvalue weighted by Gasteiger charge is 2.11. The number of fused-ring (bicyclic) bond motifs is 1. The summed E-state index contributed by atoms with van der Waals surface area (Å²) >= 11 is 0. The van der Waals surface area contributed by atoms with E-state index in [4.69, 9.17) is 4.42 Å². The van der Waals surface area contributed by atoms with Crippen LogP contribution in [0.4, 0.5) is 10.4 Å². The van der Waals surface area contributed by atoms with E-state index in [-0.39, 0.29) is 11.3 Å². The summed E-state index contributed by atoms with van der Waals surface area (Å²) in [5.74, 6) is -0.369. The second-order valence-corrected chi connectivity index (χ2v) is 6.30. The number of benzene rings is 2. The summed E-state index contributed by atoms with van der Waals surface area (Å²) in [6.07, 6.45) is 0. The fourth-order valence-corrected chi connectivity index (χ4v) is 3.06. The van der Waals surface area contributed by atoms with Crippen molar-refractivity contribution in [2.75, 3.05) is 31.5 Å². The van der Waals surface area contributed by atoms with Crippen LogP contribution >= 0.6 is 0 Å². The molecule has 1 fully saturated rings. The van der Waals surface area contributed by atoms with Crippen molar-refractivity contribution in [2.24, 2.45) is 0 Å². The van der Waals surface area contributed by atoms with Crippen molar-refractivity contribution in [1.29, 1.82) is 0 Å². The number of hydrogen-bond donors (Lipinski definition) is 2. The topological polar surface area (TPSA) is 53.3 Å². The largest absolute Gasteiger partial charge is 0.423 e. The minimum absolute atomic E-state index is 0.261. The van der Waals surface area contributed by atoms with Gasteiger partial charge in [0.15, 0.2) is 11.4 Å². The number of aromatic nitrogens is 1. The minimum Gasteiger partial charge on any atom is -0.423 e. The zero-order chi connectivity index (χ0) is 17.1. The molecule has 130 valence electrons. The molecule has 6 heteroatoms. The smallest absolute Gasteiger partial charge is 0.296 e. The van der Waals surface area contributed by atoms with Crippen LogP contribution in [-0.4, -0.2) is 36.1 Å². The molecule has 0 aliphatic carbocycles. The zero-order valence-corrected chi connectivity index (χ0v) is 14.0. The zero-order valence-electron chi connectivity index (χ0n) is 14.0. The highest BCUT2D eigenvalue weighted by atomic mass is 19.1. The Kier molecular flexibility index (Phi) is 4.63. The van der Waals surface area contributed by atoms with E-state index in [1.807, 2.05) is 0 Å². The first-order chi connectivity index (χ1) is 12.3. The molecule has 2 N–H and O–H groups in total. The molecule has 0 spiro atoms. The van der Waals surface area contributed by atoms with E-state index in [0.717, 1.165) is 38.3 Å². The summed E-state index contributed by atoms with van der Waals surface area (Å²) in [6, 6.07) is 13.6. The second kappa shape index (κ2) is 7.21. The van der Waals surface area contributed by atoms with E-state index >= 15 is 0 Å². The van der Waals surface area contributed by atoms with E-state index in [1.54, 1.807) is 12.1 Å². The van der Waals surface area contributed by atoms with Crippen LogP contribution in [0.25, 0.3) is 11.1 Å². The molecule has 2 heterocycles. The number of nitrogens with zero attached hydrogens (tertiary/aromatic N) is 2. The van der Waals surface area contributed by atoms with E-state index < -0.39 is 0 Å². The number of rotatable bonds is 5. The highest BCUT2D eigenvalue weighted by molar-refractivity contribution is 5.74. The van der Waals surface area contributed by atoms with Gasteiger partial charge < -0.3 is 15.1 Å². The van der Waals surface area contributed by atoms with Gasteiger partial charge in [-0.15, -0.1) is 0 Å². The van der Waals surface area contributed by atoms with Crippen LogP contribution in [0.1, 0.15) is 11.1 Å². The number of hydrogen-bond acceptors (Lipinski definition) is 5. The van der Waals surface area contributed by atoms with Gasteiger partial charge in [0.25, 0.3) is 6.01 Å². The Morgan fingerprint density at radius 3 is 2.60 bits per heavy atom. The molecule has 0 saturated carbocycles. The molecule has 0 amide bonds. The first-order valence-corrected chi connectivity index (χ1v) is 8.58. The summed E-state index contributed by atoms with van der Waals surface area (Å²) in [6.45, 7) is 5.89. The maximum atomic E-state index is 13.6. The van der Waals surface area contributed by atoms with E-state index in [2.05, 4.69) is 44.8 Å². The third kappa shape index (κ3) is 3.81. The van der Waals surface area contributed by atoms with Crippen molar-refractivity contribution in [1.82, 2.24) is 15.2 Å². The van der Waals surface area contributed by atoms with Crippen LogP contribution in [0.15, 0.2) is 46.9 Å². The Balaban J connectivity index is 1.36. The summed E-state index contributed by atoms with van der Waals surface area (Å²) in [7, 11) is 0. The van der Waals surface area contributed by atoms with Gasteiger partial charge in [-0.05, 0) is 23.3 Å². The Labute approximate surface area is 145 Å². The van der Waals surface area contributed by atoms with Crippen molar-refractivity contribution in [2.45, 2.75) is 13.1 Å². The molecule has 5 nitrogen and oxygen atoms in total. The molecule has 0 atom stereocenters. The van der Waals surface area contributed by atoms with Crippen LogP contribution in [0.2, 0.25) is 0 Å². The first-order valence-electron chi connectivity index (χ1n) is 8.58. The number of halogens is 1. The maximum absolute atomic E-state index is 13.6. The standard InChI is InChI=1S/C19H21FN4O/c20-16-2-1-3-17-18(16)23-19(25-17)22-12-14-4-6-15(7-5-14)13-24-10-8-21-9-11-24/h1-7,21H,8-13H2,(H,22,23). The lowest BCUT2D eigenvalue weighted by Crippen LogP contribution is -2.42. The normalized spacial score (nSPS) is 15.6. The van der Waals surface area contributed by atoms with Gasteiger partial charge in [0, 0.05) is 39.3 Å². The maximum Gasteiger partial charge on any atom is 0.296 e. The van der Waals surface area contributed by atoms with E-state index in [1.165, 1.54) is 11.6 Å². The van der Waals surface area contributed by atoms with Gasteiger partial charge in [-0.2, -0.15) is 4.98 Å². The van der Waals surface area contributed by atoms with Crippen LogP contribution in [-0.2, 0) is 13.1 Å². The van der Waals surface area contributed by atoms with Gasteiger partial charge in [-0.1, -0.05) is 30.3 Å². The van der Waals surface area contributed by atoms with E-state index in [9.17, 15) is 4.39 Å². The molecule has 2 aromatic carbocycles. The molecule has 1 aromatic heterocycles. The molecular formula is C19H21FN4O. The van der Waals surface area contributed by atoms with E-state index in [0.29, 0.717) is 18.1 Å². The van der Waals surface area contributed by atoms with Gasteiger partial charge in [0.2, 0.25) is 0 Å². The van der Waals surface area contributed by atoms with Crippen molar-refractivity contribution in [3.8, 4) is 0 Å². The van der Waals surface area contributed by atoms with Gasteiger partial charge in [-0.3, -0.25) is 4.90 Å². The number of para-hydroxylation sites is 1. The van der Waals surface area contributed by atoms with Gasteiger partial charge in [-0.25, -0.2) is 4.39 Å². The number of oxazole rings is 1. The van der Waals surface area contributed by atoms with Crippen molar-refractivity contribution in [3.63, 3.8) is 0 Å². The van der Waals surface area contributed by atoms with Gasteiger partial charge in [0.05, 0.1) is 0 Å². The number of nitrogens with one attached hydrogen (secondary N) is 2. The average Bonchev–Trinajstić information content (AvgIpc) is 3.07.